The summed E-state index contributed by atoms with van der Waals surface area (Å²) >= 11 is 1.45. The summed E-state index contributed by atoms with van der Waals surface area (Å²) in [7, 11) is 0. The summed E-state index contributed by atoms with van der Waals surface area (Å²) in [6, 6.07) is 2.39. The van der Waals surface area contributed by atoms with Gasteiger partial charge in [0.15, 0.2) is 0 Å². The van der Waals surface area contributed by atoms with Crippen LogP contribution in [0, 0.1) is 0 Å². The molecule has 3 rings (SSSR count). The summed E-state index contributed by atoms with van der Waals surface area (Å²) < 4.78 is 37.7. The molecule has 1 fully saturated rings. The Morgan fingerprint density at radius 3 is 2.48 bits per heavy atom. The number of piperazine rings is 1. The van der Waals surface area contributed by atoms with Crippen molar-refractivity contribution in [3.05, 3.63) is 46.6 Å². The second-order valence-corrected chi connectivity index (χ2v) is 6.34. The largest absolute Gasteiger partial charge is 0.417 e. The SMILES string of the molecule is O=C(C=Cc1nccs1)N1CCN(c2ccc(C(F)(F)F)cn2)CC1. The average Bonchev–Trinajstić information content (AvgIpc) is 3.13. The van der Waals surface area contributed by atoms with Crippen molar-refractivity contribution in [2.45, 2.75) is 6.18 Å². The van der Waals surface area contributed by atoms with Gasteiger partial charge in [0.25, 0.3) is 0 Å². The highest BCUT2D eigenvalue weighted by Gasteiger charge is 2.31. The van der Waals surface area contributed by atoms with Crippen LogP contribution < -0.4 is 4.90 Å². The molecule has 1 saturated heterocycles. The molecule has 132 valence electrons. The zero-order chi connectivity index (χ0) is 17.9. The van der Waals surface area contributed by atoms with Crippen molar-refractivity contribution in [2.24, 2.45) is 0 Å². The summed E-state index contributed by atoms with van der Waals surface area (Å²) in [5.74, 6) is 0.383. The first-order valence-electron chi connectivity index (χ1n) is 7.58. The Hall–Kier alpha value is -2.42. The van der Waals surface area contributed by atoms with Gasteiger partial charge in [-0.15, -0.1) is 11.3 Å². The quantitative estimate of drug-likeness (QED) is 0.782. The van der Waals surface area contributed by atoms with Gasteiger partial charge in [-0.05, 0) is 18.2 Å². The number of alkyl halides is 3. The average molecular weight is 368 g/mol. The van der Waals surface area contributed by atoms with Crippen LogP contribution in [0.25, 0.3) is 6.08 Å². The fraction of sp³-hybridized carbons (Fsp3) is 0.312. The van der Waals surface area contributed by atoms with Gasteiger partial charge in [-0.25, -0.2) is 9.97 Å². The van der Waals surface area contributed by atoms with Crippen LogP contribution in [0.3, 0.4) is 0 Å². The monoisotopic (exact) mass is 368 g/mol. The van der Waals surface area contributed by atoms with Gasteiger partial charge in [-0.3, -0.25) is 4.79 Å². The molecule has 9 heteroatoms. The molecule has 0 aromatic carbocycles. The van der Waals surface area contributed by atoms with Crippen LogP contribution >= 0.6 is 11.3 Å². The number of halogens is 3. The van der Waals surface area contributed by atoms with Crippen molar-refractivity contribution in [2.75, 3.05) is 31.1 Å². The van der Waals surface area contributed by atoms with Crippen LogP contribution in [0.5, 0.6) is 0 Å². The number of rotatable bonds is 3. The van der Waals surface area contributed by atoms with Crippen molar-refractivity contribution in [3.63, 3.8) is 0 Å². The zero-order valence-electron chi connectivity index (χ0n) is 13.1. The van der Waals surface area contributed by atoms with Gasteiger partial charge >= 0.3 is 6.18 Å². The second kappa shape index (κ2) is 7.22. The molecule has 0 radical (unpaired) electrons. The predicted octanol–water partition coefficient (Wildman–Crippen LogP) is 2.92. The molecular formula is C16H15F3N4OS. The lowest BCUT2D eigenvalue weighted by atomic mass is 10.2. The summed E-state index contributed by atoms with van der Waals surface area (Å²) in [4.78, 5) is 23.7. The molecule has 25 heavy (non-hydrogen) atoms. The Bertz CT molecular complexity index is 736. The number of pyridine rings is 1. The highest BCUT2D eigenvalue weighted by Crippen LogP contribution is 2.29. The third-order valence-corrected chi connectivity index (χ3v) is 4.55. The van der Waals surface area contributed by atoms with Crippen LogP contribution in [0.4, 0.5) is 19.0 Å². The molecule has 2 aromatic rings. The summed E-state index contributed by atoms with van der Waals surface area (Å²) in [5, 5.41) is 2.60. The Morgan fingerprint density at radius 1 is 1.16 bits per heavy atom. The first-order valence-corrected chi connectivity index (χ1v) is 8.46. The van der Waals surface area contributed by atoms with Crippen molar-refractivity contribution < 1.29 is 18.0 Å². The third-order valence-electron chi connectivity index (χ3n) is 3.81. The van der Waals surface area contributed by atoms with Crippen LogP contribution in [0.1, 0.15) is 10.6 Å². The maximum absolute atomic E-state index is 12.6. The molecule has 0 unspecified atom stereocenters. The molecule has 5 nitrogen and oxygen atoms in total. The number of anilines is 1. The maximum Gasteiger partial charge on any atom is 0.417 e. The van der Waals surface area contributed by atoms with E-state index in [9.17, 15) is 18.0 Å². The van der Waals surface area contributed by atoms with Crippen molar-refractivity contribution >= 4 is 29.1 Å². The fourth-order valence-corrected chi connectivity index (χ4v) is 2.99. The van der Waals surface area contributed by atoms with E-state index in [1.807, 2.05) is 10.3 Å². The van der Waals surface area contributed by atoms with Gasteiger partial charge < -0.3 is 9.80 Å². The Morgan fingerprint density at radius 2 is 1.92 bits per heavy atom. The number of amides is 1. The zero-order valence-corrected chi connectivity index (χ0v) is 13.9. The summed E-state index contributed by atoms with van der Waals surface area (Å²) in [5.41, 5.74) is -0.766. The maximum atomic E-state index is 12.6. The predicted molar refractivity (Wildman–Crippen MR) is 89.2 cm³/mol. The molecule has 3 heterocycles. The number of hydrogen-bond donors (Lipinski definition) is 0. The lowest BCUT2D eigenvalue weighted by molar-refractivity contribution is -0.137. The topological polar surface area (TPSA) is 49.3 Å². The van der Waals surface area contributed by atoms with Crippen LogP contribution in [-0.2, 0) is 11.0 Å². The van der Waals surface area contributed by atoms with Gasteiger partial charge in [-0.1, -0.05) is 0 Å². The molecule has 1 aliphatic heterocycles. The smallest absolute Gasteiger partial charge is 0.353 e. The van der Waals surface area contributed by atoms with Gasteiger partial charge in [0.2, 0.25) is 5.91 Å². The van der Waals surface area contributed by atoms with E-state index in [0.29, 0.717) is 32.0 Å². The van der Waals surface area contributed by atoms with E-state index in [-0.39, 0.29) is 5.91 Å². The molecule has 1 aliphatic rings. The molecule has 0 spiro atoms. The fourth-order valence-electron chi connectivity index (χ4n) is 2.46. The summed E-state index contributed by atoms with van der Waals surface area (Å²) in [6.45, 7) is 2.03. The lowest BCUT2D eigenvalue weighted by Gasteiger charge is -2.35. The number of thiazole rings is 1. The minimum atomic E-state index is -4.39. The van der Waals surface area contributed by atoms with Crippen LogP contribution in [0.2, 0.25) is 0 Å². The molecule has 0 bridgehead atoms. The Labute approximate surface area is 146 Å². The minimum absolute atomic E-state index is 0.102. The number of nitrogens with zero attached hydrogens (tertiary/aromatic N) is 4. The normalized spacial score (nSPS) is 15.8. The second-order valence-electron chi connectivity index (χ2n) is 5.42. The molecule has 0 aliphatic carbocycles. The van der Waals surface area contributed by atoms with E-state index in [4.69, 9.17) is 0 Å². The standard InChI is InChI=1S/C16H15F3N4OS/c17-16(18,19)12-1-2-13(21-11-12)22-6-8-23(9-7-22)15(24)4-3-14-20-5-10-25-14/h1-5,10-11H,6-9H2. The van der Waals surface area contributed by atoms with Crippen molar-refractivity contribution in [3.8, 4) is 0 Å². The number of hydrogen-bond acceptors (Lipinski definition) is 5. The Balaban J connectivity index is 1.55. The van der Waals surface area contributed by atoms with E-state index in [0.717, 1.165) is 17.3 Å². The van der Waals surface area contributed by atoms with Crippen molar-refractivity contribution in [1.82, 2.24) is 14.9 Å². The van der Waals surface area contributed by atoms with Gasteiger partial charge in [0.05, 0.1) is 5.56 Å². The minimum Gasteiger partial charge on any atom is -0.353 e. The number of aromatic nitrogens is 2. The number of carbonyl (C=O) groups excluding carboxylic acids is 1. The molecule has 0 atom stereocenters. The third kappa shape index (κ3) is 4.36. The molecule has 1 amide bonds. The van der Waals surface area contributed by atoms with Crippen molar-refractivity contribution in [1.29, 1.82) is 0 Å². The van der Waals surface area contributed by atoms with E-state index in [1.165, 1.54) is 23.5 Å². The number of carbonyl (C=O) groups is 1. The van der Waals surface area contributed by atoms with Crippen LogP contribution in [0.15, 0.2) is 36.0 Å². The lowest BCUT2D eigenvalue weighted by Crippen LogP contribution is -2.48. The Kier molecular flexibility index (Phi) is 5.03. The van der Waals surface area contributed by atoms with E-state index >= 15 is 0 Å². The summed E-state index contributed by atoms with van der Waals surface area (Å²) in [6.07, 6.45) is 1.29. The molecule has 0 N–H and O–H groups in total. The first kappa shape index (κ1) is 17.4. The van der Waals surface area contributed by atoms with E-state index in [2.05, 4.69) is 9.97 Å². The van der Waals surface area contributed by atoms with E-state index in [1.54, 1.807) is 17.2 Å². The highest BCUT2D eigenvalue weighted by molar-refractivity contribution is 7.10. The van der Waals surface area contributed by atoms with Gasteiger partial charge in [-0.2, -0.15) is 13.2 Å². The van der Waals surface area contributed by atoms with Gasteiger partial charge in [0, 0.05) is 50.0 Å². The highest BCUT2D eigenvalue weighted by atomic mass is 32.1. The molecule has 2 aromatic heterocycles. The first-order chi connectivity index (χ1) is 11.9. The molecular weight excluding hydrogens is 353 g/mol. The van der Waals surface area contributed by atoms with E-state index < -0.39 is 11.7 Å². The van der Waals surface area contributed by atoms with Gasteiger partial charge in [0.1, 0.15) is 10.8 Å². The molecule has 0 saturated carbocycles. The van der Waals surface area contributed by atoms with Crippen LogP contribution in [-0.4, -0.2) is 47.0 Å².